The lowest BCUT2D eigenvalue weighted by atomic mass is 10.4. The van der Waals surface area contributed by atoms with Crippen LogP contribution in [-0.4, -0.2) is 30.0 Å². The number of nitrogens with one attached hydrogen (secondary N) is 1. The normalized spacial score (nSPS) is 13.6. The number of hydrogen-bond donors (Lipinski definition) is 1. The molecule has 1 unspecified atom stereocenters. The molecule has 1 N–H and O–H groups in total. The molecule has 10 heteroatoms. The van der Waals surface area contributed by atoms with Crippen LogP contribution in [0.1, 0.15) is 0 Å². The van der Waals surface area contributed by atoms with Crippen LogP contribution in [0.4, 0.5) is 0 Å². The van der Waals surface area contributed by atoms with Crippen molar-refractivity contribution in [2.45, 2.75) is 9.79 Å². The molecule has 0 aromatic heterocycles. The second-order valence-electron chi connectivity index (χ2n) is 4.67. The van der Waals surface area contributed by atoms with Gasteiger partial charge in [-0.2, -0.15) is 16.8 Å². The van der Waals surface area contributed by atoms with Crippen molar-refractivity contribution in [3.05, 3.63) is 63.4 Å². The van der Waals surface area contributed by atoms with E-state index in [2.05, 4.69) is 0 Å². The van der Waals surface area contributed by atoms with Crippen molar-refractivity contribution < 1.29 is 25.5 Å². The van der Waals surface area contributed by atoms with Crippen molar-refractivity contribution in [2.75, 3.05) is 13.2 Å². The molecule has 130 valence electrons. The maximum Gasteiger partial charge on any atom is 0.325 e. The molecule has 0 bridgehead atoms. The molecule has 0 aliphatic carbocycles. The summed E-state index contributed by atoms with van der Waals surface area (Å²) < 4.78 is 52.5. The molecule has 0 heterocycles. The molecule has 2 aromatic carbocycles. The Hall–Kier alpha value is -1.05. The first-order chi connectivity index (χ1) is 11.2. The highest BCUT2D eigenvalue weighted by molar-refractivity contribution is 14.1. The molecule has 0 aliphatic heterocycles. The number of halogens is 1. The first-order valence-corrected chi connectivity index (χ1v) is 10.7. The average molecular weight is 483 g/mol. The lowest BCUT2D eigenvalue weighted by Crippen LogP contribution is -3.09. The first kappa shape index (κ1) is 19.3. The number of quaternary nitrogens is 1. The summed E-state index contributed by atoms with van der Waals surface area (Å²) in [5, 5.41) is 11.9. The molecular weight excluding hydrogens is 469 g/mol. The van der Waals surface area contributed by atoms with Gasteiger partial charge in [-0.15, -0.1) is 0 Å². The molecule has 0 radical (unpaired) electrons. The van der Waals surface area contributed by atoms with Crippen molar-refractivity contribution in [2.24, 2.45) is 0 Å². The van der Waals surface area contributed by atoms with E-state index in [9.17, 15) is 22.0 Å². The Morgan fingerprint density at radius 1 is 0.917 bits per heavy atom. The van der Waals surface area contributed by atoms with E-state index in [0.717, 1.165) is 3.57 Å². The van der Waals surface area contributed by atoms with E-state index in [0.29, 0.717) is 0 Å². The molecule has 0 fully saturated rings. The minimum absolute atomic E-state index is 0.0544. The van der Waals surface area contributed by atoms with Crippen LogP contribution in [0.15, 0.2) is 64.4 Å². The van der Waals surface area contributed by atoms with Crippen molar-refractivity contribution in [1.82, 2.24) is 0 Å². The number of benzene rings is 2. The van der Waals surface area contributed by atoms with Crippen LogP contribution in [0.3, 0.4) is 0 Å². The van der Waals surface area contributed by atoms with Crippen LogP contribution >= 0.6 is 22.6 Å². The minimum Gasteiger partial charge on any atom is -0.618 e. The SMILES string of the molecule is O=S(=O)(OCC[NH+]([O-])S(=O)(=O)c1ccccc1)c1ccc(I)cc1. The quantitative estimate of drug-likeness (QED) is 0.355. The Bertz CT molecular complexity index is 883. The summed E-state index contributed by atoms with van der Waals surface area (Å²) in [6.07, 6.45) is 0. The van der Waals surface area contributed by atoms with Gasteiger partial charge >= 0.3 is 10.0 Å². The topological polar surface area (TPSA) is 105 Å². The van der Waals surface area contributed by atoms with Crippen LogP contribution in [0.25, 0.3) is 0 Å². The molecule has 2 aromatic rings. The number of hydroxylamine groups is 1. The third-order valence-electron chi connectivity index (χ3n) is 3.00. The van der Waals surface area contributed by atoms with E-state index in [1.54, 1.807) is 18.2 Å². The summed E-state index contributed by atoms with van der Waals surface area (Å²) in [5.74, 6) is 0. The van der Waals surface area contributed by atoms with Crippen molar-refractivity contribution >= 4 is 42.7 Å². The Balaban J connectivity index is 1.99. The molecule has 0 amide bonds. The van der Waals surface area contributed by atoms with Crippen LogP contribution in [-0.2, 0) is 24.3 Å². The largest absolute Gasteiger partial charge is 0.618 e. The van der Waals surface area contributed by atoms with Crippen molar-refractivity contribution in [1.29, 1.82) is 0 Å². The standard InChI is InChI=1S/C14H14INO6S2/c15-12-6-8-14(9-7-12)24(20,21)22-11-10-16(17)23(18,19)13-4-2-1-3-5-13/h1-9,16H,10-11H2. The smallest absolute Gasteiger partial charge is 0.325 e. The first-order valence-electron chi connectivity index (χ1n) is 6.71. The van der Waals surface area contributed by atoms with Gasteiger partial charge in [0.05, 0.1) is 4.90 Å². The van der Waals surface area contributed by atoms with Gasteiger partial charge in [0.1, 0.15) is 18.0 Å². The average Bonchev–Trinajstić information content (AvgIpc) is 2.55. The van der Waals surface area contributed by atoms with Gasteiger partial charge in [0.15, 0.2) is 0 Å². The summed E-state index contributed by atoms with van der Waals surface area (Å²) >= 11 is 2.03. The van der Waals surface area contributed by atoms with Crippen LogP contribution < -0.4 is 4.47 Å². The second kappa shape index (κ2) is 7.89. The van der Waals surface area contributed by atoms with Gasteiger partial charge in [-0.3, -0.25) is 8.65 Å². The van der Waals surface area contributed by atoms with E-state index < -0.39 is 37.8 Å². The molecule has 0 saturated heterocycles. The maximum absolute atomic E-state index is 12.0. The number of hydrogen-bond acceptors (Lipinski definition) is 6. The second-order valence-corrected chi connectivity index (χ2v) is 9.46. The summed E-state index contributed by atoms with van der Waals surface area (Å²) in [5.41, 5.74) is 0. The molecule has 0 saturated carbocycles. The molecule has 0 aliphatic rings. The summed E-state index contributed by atoms with van der Waals surface area (Å²) in [7, 11) is -8.17. The Labute approximate surface area is 154 Å². The van der Waals surface area contributed by atoms with Gasteiger partial charge < -0.3 is 5.21 Å². The summed E-state index contributed by atoms with van der Waals surface area (Å²) in [4.78, 5) is -0.184. The van der Waals surface area contributed by atoms with Crippen LogP contribution in [0.2, 0.25) is 0 Å². The predicted octanol–water partition coefficient (Wildman–Crippen LogP) is 0.768. The van der Waals surface area contributed by atoms with Gasteiger partial charge in [-0.25, -0.2) is 0 Å². The predicted molar refractivity (Wildman–Crippen MR) is 95.1 cm³/mol. The third kappa shape index (κ3) is 4.74. The maximum atomic E-state index is 12.0. The summed E-state index contributed by atoms with van der Waals surface area (Å²) in [6, 6.07) is 13.2. The molecular formula is C14H14INO6S2. The van der Waals surface area contributed by atoms with Gasteiger partial charge in [0.2, 0.25) is 0 Å². The fourth-order valence-corrected chi connectivity index (χ4v) is 4.17. The monoisotopic (exact) mass is 483 g/mol. The molecule has 2 rings (SSSR count). The highest BCUT2D eigenvalue weighted by Crippen LogP contribution is 2.14. The van der Waals surface area contributed by atoms with Gasteiger partial charge in [0, 0.05) is 3.57 Å². The van der Waals surface area contributed by atoms with Gasteiger partial charge in [-0.05, 0) is 59.0 Å². The minimum atomic E-state index is -4.14. The highest BCUT2D eigenvalue weighted by Gasteiger charge is 2.23. The van der Waals surface area contributed by atoms with Crippen molar-refractivity contribution in [3.8, 4) is 0 Å². The Morgan fingerprint density at radius 3 is 2.08 bits per heavy atom. The zero-order valence-corrected chi connectivity index (χ0v) is 16.0. The Kier molecular flexibility index (Phi) is 6.33. The van der Waals surface area contributed by atoms with E-state index >= 15 is 0 Å². The fraction of sp³-hybridized carbons (Fsp3) is 0.143. The number of rotatable bonds is 7. The summed E-state index contributed by atoms with van der Waals surface area (Å²) in [6.45, 7) is -1.10. The van der Waals surface area contributed by atoms with Crippen molar-refractivity contribution in [3.63, 3.8) is 0 Å². The molecule has 7 nitrogen and oxygen atoms in total. The third-order valence-corrected chi connectivity index (χ3v) is 6.74. The fourth-order valence-electron chi connectivity index (χ4n) is 1.77. The molecule has 0 spiro atoms. The number of sulfonamides is 1. The zero-order chi connectivity index (χ0) is 17.8. The zero-order valence-electron chi connectivity index (χ0n) is 12.3. The van der Waals surface area contributed by atoms with Gasteiger partial charge in [0.25, 0.3) is 10.1 Å². The van der Waals surface area contributed by atoms with E-state index in [1.807, 2.05) is 22.6 Å². The van der Waals surface area contributed by atoms with Gasteiger partial charge in [-0.1, -0.05) is 18.2 Å². The van der Waals surface area contributed by atoms with E-state index in [1.165, 1.54) is 36.4 Å². The van der Waals surface area contributed by atoms with E-state index in [4.69, 9.17) is 4.18 Å². The van der Waals surface area contributed by atoms with Crippen LogP contribution in [0, 0.1) is 8.78 Å². The Morgan fingerprint density at radius 2 is 1.50 bits per heavy atom. The lowest BCUT2D eigenvalue weighted by Gasteiger charge is -2.21. The molecule has 24 heavy (non-hydrogen) atoms. The van der Waals surface area contributed by atoms with Crippen LogP contribution in [0.5, 0.6) is 0 Å². The molecule has 1 atom stereocenters. The van der Waals surface area contributed by atoms with E-state index in [-0.39, 0.29) is 9.79 Å². The highest BCUT2D eigenvalue weighted by atomic mass is 127. The lowest BCUT2D eigenvalue weighted by molar-refractivity contribution is -0.708.